The molecule has 3 amide bonds. The Morgan fingerprint density at radius 2 is 1.97 bits per heavy atom. The maximum absolute atomic E-state index is 12.8. The highest BCUT2D eigenvalue weighted by Crippen LogP contribution is 2.33. The highest BCUT2D eigenvalue weighted by Gasteiger charge is 2.49. The van der Waals surface area contributed by atoms with Gasteiger partial charge < -0.3 is 24.8 Å². The summed E-state index contributed by atoms with van der Waals surface area (Å²) in [7, 11) is 1.62. The molecule has 1 fully saturated rings. The molecule has 0 radical (unpaired) electrons. The van der Waals surface area contributed by atoms with Crippen LogP contribution in [0.25, 0.3) is 0 Å². The maximum atomic E-state index is 12.8. The van der Waals surface area contributed by atoms with E-state index in [9.17, 15) is 9.59 Å². The number of ether oxygens (including phenoxy) is 3. The van der Waals surface area contributed by atoms with Gasteiger partial charge in [0.2, 0.25) is 0 Å². The zero-order valence-electron chi connectivity index (χ0n) is 18.4. The molecule has 2 atom stereocenters. The van der Waals surface area contributed by atoms with Crippen molar-refractivity contribution in [3.05, 3.63) is 29.8 Å². The number of carbonyl (C=O) groups is 2. The molecule has 1 heterocycles. The topological polar surface area (TPSA) is 89.1 Å². The number of anilines is 1. The molecule has 1 aromatic carbocycles. The Bertz CT molecular complexity index is 729. The van der Waals surface area contributed by atoms with Crippen LogP contribution in [-0.4, -0.2) is 54.2 Å². The number of benzene rings is 1. The van der Waals surface area contributed by atoms with Gasteiger partial charge in [0.25, 0.3) is 0 Å². The van der Waals surface area contributed by atoms with Crippen LogP contribution in [0, 0.1) is 0 Å². The molecule has 0 aromatic heterocycles. The lowest BCUT2D eigenvalue weighted by Gasteiger charge is -2.35. The summed E-state index contributed by atoms with van der Waals surface area (Å²) in [6, 6.07) is 6.71. The Kier molecular flexibility index (Phi) is 7.13. The zero-order valence-corrected chi connectivity index (χ0v) is 18.4. The van der Waals surface area contributed by atoms with Gasteiger partial charge in [-0.1, -0.05) is 12.1 Å². The van der Waals surface area contributed by atoms with Crippen LogP contribution in [-0.2, 0) is 20.8 Å². The van der Waals surface area contributed by atoms with Crippen molar-refractivity contribution in [1.29, 1.82) is 0 Å². The molecule has 0 aliphatic carbocycles. The van der Waals surface area contributed by atoms with Gasteiger partial charge in [0, 0.05) is 19.3 Å². The van der Waals surface area contributed by atoms with Crippen LogP contribution in [0.4, 0.5) is 15.3 Å². The standard InChI is InChI=1S/C21H33N3O5/c1-14-17(24(21(5,6)28-14)19(26)29-20(2,3)4)12-22-18(25)23-16-10-8-9-15(11-16)13-27-7/h8-11,14,17H,12-13H2,1-7H3,(H2,22,23,25)/t14-,17-/m1/s1. The number of urea groups is 1. The van der Waals surface area contributed by atoms with Crippen LogP contribution in [0.5, 0.6) is 0 Å². The molecule has 2 N–H and O–H groups in total. The van der Waals surface area contributed by atoms with E-state index in [2.05, 4.69) is 10.6 Å². The number of carbonyl (C=O) groups excluding carboxylic acids is 2. The SMILES string of the molecule is COCc1cccc(NC(=O)NC[C@@H]2[C@@H](C)OC(C)(C)N2C(=O)OC(C)(C)C)c1. The minimum atomic E-state index is -0.834. The molecule has 0 unspecified atom stereocenters. The van der Waals surface area contributed by atoms with Gasteiger partial charge in [-0.3, -0.25) is 4.90 Å². The smallest absolute Gasteiger partial charge is 0.412 e. The first kappa shape index (κ1) is 23.0. The molecule has 1 aliphatic rings. The molecule has 29 heavy (non-hydrogen) atoms. The van der Waals surface area contributed by atoms with E-state index in [-0.39, 0.29) is 24.7 Å². The average Bonchev–Trinajstić information content (AvgIpc) is 2.80. The van der Waals surface area contributed by atoms with Gasteiger partial charge >= 0.3 is 12.1 Å². The first-order chi connectivity index (χ1) is 13.4. The second kappa shape index (κ2) is 9.00. The molecule has 8 nitrogen and oxygen atoms in total. The molecule has 1 aromatic rings. The van der Waals surface area contributed by atoms with Crippen LogP contribution in [0.2, 0.25) is 0 Å². The minimum absolute atomic E-state index is 0.230. The summed E-state index contributed by atoms with van der Waals surface area (Å²) in [4.78, 5) is 26.7. The molecule has 162 valence electrons. The summed E-state index contributed by atoms with van der Waals surface area (Å²) < 4.78 is 16.6. The maximum Gasteiger partial charge on any atom is 0.412 e. The van der Waals surface area contributed by atoms with E-state index in [1.807, 2.05) is 59.7 Å². The summed E-state index contributed by atoms with van der Waals surface area (Å²) in [5.74, 6) is 0. The Morgan fingerprint density at radius 3 is 2.59 bits per heavy atom. The average molecular weight is 408 g/mol. The van der Waals surface area contributed by atoms with Crippen molar-refractivity contribution < 1.29 is 23.8 Å². The van der Waals surface area contributed by atoms with E-state index in [1.54, 1.807) is 18.1 Å². The number of nitrogens with one attached hydrogen (secondary N) is 2. The van der Waals surface area contributed by atoms with Crippen LogP contribution in [0.3, 0.4) is 0 Å². The lowest BCUT2D eigenvalue weighted by Crippen LogP contribution is -2.53. The van der Waals surface area contributed by atoms with Gasteiger partial charge in [-0.15, -0.1) is 0 Å². The lowest BCUT2D eigenvalue weighted by molar-refractivity contribution is -0.0756. The van der Waals surface area contributed by atoms with E-state index in [0.717, 1.165) is 5.56 Å². The number of rotatable bonds is 5. The highest BCUT2D eigenvalue weighted by atomic mass is 16.6. The first-order valence-electron chi connectivity index (χ1n) is 9.76. The number of hydrogen-bond donors (Lipinski definition) is 2. The predicted octanol–water partition coefficient (Wildman–Crippen LogP) is 3.72. The van der Waals surface area contributed by atoms with Gasteiger partial charge in [0.05, 0.1) is 18.8 Å². The van der Waals surface area contributed by atoms with Gasteiger partial charge in [-0.2, -0.15) is 0 Å². The first-order valence-corrected chi connectivity index (χ1v) is 9.76. The van der Waals surface area contributed by atoms with Crippen molar-refractivity contribution in [1.82, 2.24) is 10.2 Å². The quantitative estimate of drug-likeness (QED) is 0.777. The van der Waals surface area contributed by atoms with Crippen LogP contribution < -0.4 is 10.6 Å². The van der Waals surface area contributed by atoms with E-state index in [4.69, 9.17) is 14.2 Å². The summed E-state index contributed by atoms with van der Waals surface area (Å²) in [5.41, 5.74) is 0.165. The molecular weight excluding hydrogens is 374 g/mol. The van der Waals surface area contributed by atoms with E-state index in [0.29, 0.717) is 12.3 Å². The summed E-state index contributed by atoms with van der Waals surface area (Å²) in [5, 5.41) is 5.63. The summed E-state index contributed by atoms with van der Waals surface area (Å²) >= 11 is 0. The van der Waals surface area contributed by atoms with Crippen molar-refractivity contribution in [2.75, 3.05) is 19.0 Å². The van der Waals surface area contributed by atoms with Gasteiger partial charge in [-0.05, 0) is 59.2 Å². The van der Waals surface area contributed by atoms with Crippen molar-refractivity contribution >= 4 is 17.8 Å². The summed E-state index contributed by atoms with van der Waals surface area (Å²) in [6.07, 6.45) is -0.728. The monoisotopic (exact) mass is 407 g/mol. The minimum Gasteiger partial charge on any atom is -0.444 e. The van der Waals surface area contributed by atoms with E-state index in [1.165, 1.54) is 0 Å². The van der Waals surface area contributed by atoms with Gasteiger partial charge in [0.1, 0.15) is 11.3 Å². The van der Waals surface area contributed by atoms with Gasteiger partial charge in [-0.25, -0.2) is 9.59 Å². The zero-order chi connectivity index (χ0) is 21.8. The van der Waals surface area contributed by atoms with Crippen LogP contribution in [0.15, 0.2) is 24.3 Å². The molecule has 2 rings (SSSR count). The van der Waals surface area contributed by atoms with Gasteiger partial charge in [0.15, 0.2) is 0 Å². The molecular formula is C21H33N3O5. The molecule has 0 bridgehead atoms. The number of nitrogens with zero attached hydrogens (tertiary/aromatic N) is 1. The molecule has 0 saturated carbocycles. The van der Waals surface area contributed by atoms with Crippen LogP contribution >= 0.6 is 0 Å². The summed E-state index contributed by atoms with van der Waals surface area (Å²) in [6.45, 7) is 11.7. The third-order valence-electron chi connectivity index (χ3n) is 4.49. The van der Waals surface area contributed by atoms with E-state index < -0.39 is 17.4 Å². The Hall–Kier alpha value is -2.32. The number of hydrogen-bond acceptors (Lipinski definition) is 5. The molecule has 1 aliphatic heterocycles. The Labute approximate surface area is 172 Å². The number of methoxy groups -OCH3 is 1. The fourth-order valence-electron chi connectivity index (χ4n) is 3.40. The Balaban J connectivity index is 2.02. The van der Waals surface area contributed by atoms with Crippen LogP contribution in [0.1, 0.15) is 47.1 Å². The second-order valence-electron chi connectivity index (χ2n) is 8.66. The van der Waals surface area contributed by atoms with Crippen molar-refractivity contribution in [3.8, 4) is 0 Å². The predicted molar refractivity (Wildman–Crippen MR) is 111 cm³/mol. The Morgan fingerprint density at radius 1 is 1.28 bits per heavy atom. The third kappa shape index (κ3) is 6.33. The molecule has 8 heteroatoms. The van der Waals surface area contributed by atoms with Crippen molar-refractivity contribution in [2.24, 2.45) is 0 Å². The highest BCUT2D eigenvalue weighted by molar-refractivity contribution is 5.89. The van der Waals surface area contributed by atoms with Crippen molar-refractivity contribution in [3.63, 3.8) is 0 Å². The third-order valence-corrected chi connectivity index (χ3v) is 4.49. The molecule has 1 saturated heterocycles. The second-order valence-corrected chi connectivity index (χ2v) is 8.66. The fraction of sp³-hybridized carbons (Fsp3) is 0.619. The van der Waals surface area contributed by atoms with E-state index >= 15 is 0 Å². The molecule has 0 spiro atoms. The number of amides is 3. The fourth-order valence-corrected chi connectivity index (χ4v) is 3.40. The normalized spacial score (nSPS) is 21.0. The lowest BCUT2D eigenvalue weighted by atomic mass is 10.1. The van der Waals surface area contributed by atoms with Crippen molar-refractivity contribution in [2.45, 2.75) is 71.6 Å². The largest absolute Gasteiger partial charge is 0.444 e.